The molecule has 0 unspecified atom stereocenters. The van der Waals surface area contributed by atoms with E-state index < -0.39 is 0 Å². The van der Waals surface area contributed by atoms with Gasteiger partial charge in [-0.05, 0) is 24.3 Å². The molecule has 2 nitrogen and oxygen atoms in total. The Labute approximate surface area is 101 Å². The van der Waals surface area contributed by atoms with Crippen LogP contribution >= 0.6 is 11.6 Å². The van der Waals surface area contributed by atoms with Gasteiger partial charge >= 0.3 is 0 Å². The minimum atomic E-state index is 0.147. The lowest BCUT2D eigenvalue weighted by Gasteiger charge is -2.03. The summed E-state index contributed by atoms with van der Waals surface area (Å²) >= 11 is 5.48. The van der Waals surface area contributed by atoms with Gasteiger partial charge in [0, 0.05) is 17.9 Å². The van der Waals surface area contributed by atoms with E-state index in [0.29, 0.717) is 18.9 Å². The molecule has 0 amide bonds. The first-order valence-corrected chi connectivity index (χ1v) is 5.78. The van der Waals surface area contributed by atoms with E-state index in [1.165, 1.54) is 0 Å². The zero-order valence-corrected chi connectivity index (χ0v) is 10.0. The minimum Gasteiger partial charge on any atom is -0.490 e. The molecule has 0 N–H and O–H groups in total. The summed E-state index contributed by atoms with van der Waals surface area (Å²) in [5, 5.41) is 0. The van der Waals surface area contributed by atoms with Crippen LogP contribution in [0.4, 0.5) is 0 Å². The SMILES string of the molecule is CCC(=O)c1ccc(OCC=CCCl)cc1. The van der Waals surface area contributed by atoms with Crippen LogP contribution in [0.3, 0.4) is 0 Å². The molecule has 1 rings (SSSR count). The van der Waals surface area contributed by atoms with Crippen molar-refractivity contribution in [2.24, 2.45) is 0 Å². The summed E-state index contributed by atoms with van der Waals surface area (Å²) in [5.74, 6) is 1.40. The van der Waals surface area contributed by atoms with Crippen molar-refractivity contribution in [3.63, 3.8) is 0 Å². The minimum absolute atomic E-state index is 0.147. The van der Waals surface area contributed by atoms with Gasteiger partial charge in [0.25, 0.3) is 0 Å². The Morgan fingerprint density at radius 2 is 2.00 bits per heavy atom. The van der Waals surface area contributed by atoms with Crippen molar-refractivity contribution in [3.8, 4) is 5.75 Å². The van der Waals surface area contributed by atoms with Crippen molar-refractivity contribution in [2.45, 2.75) is 13.3 Å². The third kappa shape index (κ3) is 4.07. The smallest absolute Gasteiger partial charge is 0.162 e. The zero-order chi connectivity index (χ0) is 11.8. The van der Waals surface area contributed by atoms with E-state index in [4.69, 9.17) is 16.3 Å². The number of benzene rings is 1. The van der Waals surface area contributed by atoms with Crippen LogP contribution in [0.25, 0.3) is 0 Å². The molecule has 0 atom stereocenters. The molecule has 0 aliphatic rings. The van der Waals surface area contributed by atoms with Crippen molar-refractivity contribution in [3.05, 3.63) is 42.0 Å². The Balaban J connectivity index is 2.51. The Morgan fingerprint density at radius 3 is 2.56 bits per heavy atom. The fourth-order valence-electron chi connectivity index (χ4n) is 1.22. The second-order valence-electron chi connectivity index (χ2n) is 3.24. The summed E-state index contributed by atoms with van der Waals surface area (Å²) in [6.45, 7) is 2.34. The number of Topliss-reactive ketones (excluding diaryl/α,β-unsaturated/α-hetero) is 1. The number of allylic oxidation sites excluding steroid dienone is 1. The Bertz CT molecular complexity index is 355. The molecule has 1 aromatic carbocycles. The summed E-state index contributed by atoms with van der Waals surface area (Å²) in [7, 11) is 0. The van der Waals surface area contributed by atoms with E-state index in [1.54, 1.807) is 24.3 Å². The highest BCUT2D eigenvalue weighted by Gasteiger charge is 2.02. The molecule has 0 heterocycles. The number of alkyl halides is 1. The fourth-order valence-corrected chi connectivity index (χ4v) is 1.34. The van der Waals surface area contributed by atoms with Gasteiger partial charge in [0.1, 0.15) is 12.4 Å². The molecule has 3 heteroatoms. The summed E-state index contributed by atoms with van der Waals surface area (Å²) in [5.41, 5.74) is 0.728. The number of ketones is 1. The topological polar surface area (TPSA) is 26.3 Å². The van der Waals surface area contributed by atoms with E-state index >= 15 is 0 Å². The number of hydrogen-bond acceptors (Lipinski definition) is 2. The number of ether oxygens (including phenoxy) is 1. The van der Waals surface area contributed by atoms with Crippen LogP contribution in [0.5, 0.6) is 5.75 Å². The van der Waals surface area contributed by atoms with Gasteiger partial charge in [-0.2, -0.15) is 0 Å². The first kappa shape index (κ1) is 12.8. The third-order valence-corrected chi connectivity index (χ3v) is 2.28. The highest BCUT2D eigenvalue weighted by Crippen LogP contribution is 2.13. The fraction of sp³-hybridized carbons (Fsp3) is 0.308. The highest BCUT2D eigenvalue weighted by atomic mass is 35.5. The van der Waals surface area contributed by atoms with Gasteiger partial charge in [-0.25, -0.2) is 0 Å². The molecule has 0 aromatic heterocycles. The van der Waals surface area contributed by atoms with Crippen molar-refractivity contribution in [1.29, 1.82) is 0 Å². The van der Waals surface area contributed by atoms with E-state index in [0.717, 1.165) is 11.3 Å². The number of rotatable bonds is 6. The maximum Gasteiger partial charge on any atom is 0.162 e. The van der Waals surface area contributed by atoms with Gasteiger partial charge in [-0.15, -0.1) is 11.6 Å². The molecular formula is C13H15ClO2. The van der Waals surface area contributed by atoms with Crippen LogP contribution in [-0.2, 0) is 0 Å². The zero-order valence-electron chi connectivity index (χ0n) is 9.28. The molecular weight excluding hydrogens is 224 g/mol. The molecule has 0 bridgehead atoms. The van der Waals surface area contributed by atoms with E-state index in [9.17, 15) is 4.79 Å². The molecule has 0 radical (unpaired) electrons. The van der Waals surface area contributed by atoms with Crippen LogP contribution in [0, 0.1) is 0 Å². The molecule has 0 saturated carbocycles. The van der Waals surface area contributed by atoms with E-state index in [-0.39, 0.29) is 5.78 Å². The maximum atomic E-state index is 11.4. The first-order chi connectivity index (χ1) is 7.77. The molecule has 1 aromatic rings. The van der Waals surface area contributed by atoms with E-state index in [2.05, 4.69) is 0 Å². The van der Waals surface area contributed by atoms with Gasteiger partial charge in [0.05, 0.1) is 0 Å². The summed E-state index contributed by atoms with van der Waals surface area (Å²) in [6.07, 6.45) is 4.22. The lowest BCUT2D eigenvalue weighted by Crippen LogP contribution is -1.97. The van der Waals surface area contributed by atoms with Gasteiger partial charge in [-0.3, -0.25) is 4.79 Å². The largest absolute Gasteiger partial charge is 0.490 e. The molecule has 0 aliphatic carbocycles. The monoisotopic (exact) mass is 238 g/mol. The van der Waals surface area contributed by atoms with Crippen LogP contribution in [0.1, 0.15) is 23.7 Å². The van der Waals surface area contributed by atoms with Crippen LogP contribution in [0.15, 0.2) is 36.4 Å². The summed E-state index contributed by atoms with van der Waals surface area (Å²) in [4.78, 5) is 11.4. The lowest BCUT2D eigenvalue weighted by molar-refractivity contribution is 0.0988. The number of carbonyl (C=O) groups is 1. The highest BCUT2D eigenvalue weighted by molar-refractivity contribution is 6.18. The normalized spacial score (nSPS) is 10.6. The van der Waals surface area contributed by atoms with Crippen LogP contribution in [-0.4, -0.2) is 18.3 Å². The number of hydrogen-bond donors (Lipinski definition) is 0. The molecule has 0 saturated heterocycles. The average molecular weight is 239 g/mol. The summed E-state index contributed by atoms with van der Waals surface area (Å²) < 4.78 is 5.42. The predicted octanol–water partition coefficient (Wildman–Crippen LogP) is 3.45. The second kappa shape index (κ2) is 7.07. The maximum absolute atomic E-state index is 11.4. The van der Waals surface area contributed by atoms with Crippen LogP contribution in [0.2, 0.25) is 0 Å². The van der Waals surface area contributed by atoms with Gasteiger partial charge in [0.2, 0.25) is 0 Å². The second-order valence-corrected chi connectivity index (χ2v) is 3.55. The van der Waals surface area contributed by atoms with Crippen molar-refractivity contribution < 1.29 is 9.53 Å². The summed E-state index contributed by atoms with van der Waals surface area (Å²) in [6, 6.07) is 7.17. The number of halogens is 1. The Morgan fingerprint density at radius 1 is 1.31 bits per heavy atom. The molecule has 0 spiro atoms. The standard InChI is InChI=1S/C13H15ClO2/c1-2-13(15)11-5-7-12(8-6-11)16-10-4-3-9-14/h3-8H,2,9-10H2,1H3. The molecule has 0 aliphatic heterocycles. The van der Waals surface area contributed by atoms with Crippen molar-refractivity contribution in [1.82, 2.24) is 0 Å². The van der Waals surface area contributed by atoms with E-state index in [1.807, 2.05) is 19.1 Å². The lowest BCUT2D eigenvalue weighted by atomic mass is 10.1. The van der Waals surface area contributed by atoms with Crippen LogP contribution < -0.4 is 4.74 Å². The van der Waals surface area contributed by atoms with Gasteiger partial charge < -0.3 is 4.74 Å². The van der Waals surface area contributed by atoms with Gasteiger partial charge in [-0.1, -0.05) is 19.1 Å². The van der Waals surface area contributed by atoms with Crippen molar-refractivity contribution in [2.75, 3.05) is 12.5 Å². The van der Waals surface area contributed by atoms with Gasteiger partial charge in [0.15, 0.2) is 5.78 Å². The Hall–Kier alpha value is -1.28. The molecule has 16 heavy (non-hydrogen) atoms. The first-order valence-electron chi connectivity index (χ1n) is 5.25. The average Bonchev–Trinajstić information content (AvgIpc) is 2.34. The third-order valence-electron chi connectivity index (χ3n) is 2.10. The quantitative estimate of drug-likeness (QED) is 0.431. The molecule has 86 valence electrons. The van der Waals surface area contributed by atoms with Crippen molar-refractivity contribution >= 4 is 17.4 Å². The Kier molecular flexibility index (Phi) is 5.65. The molecule has 0 fully saturated rings. The number of carbonyl (C=O) groups excluding carboxylic acids is 1. The predicted molar refractivity (Wildman–Crippen MR) is 66.4 cm³/mol.